The second-order valence-electron chi connectivity index (χ2n) is 3.91. The van der Waals surface area contributed by atoms with Crippen LogP contribution in [0.3, 0.4) is 0 Å². The van der Waals surface area contributed by atoms with Gasteiger partial charge in [0.25, 0.3) is 0 Å². The minimum absolute atomic E-state index is 0.199. The molecule has 0 saturated heterocycles. The van der Waals surface area contributed by atoms with Crippen LogP contribution in [-0.2, 0) is 6.18 Å². The van der Waals surface area contributed by atoms with Crippen LogP contribution < -0.4 is 0 Å². The zero-order valence-corrected chi connectivity index (χ0v) is 12.6. The van der Waals surface area contributed by atoms with E-state index in [0.29, 0.717) is 11.0 Å². The second kappa shape index (κ2) is 6.07. The number of alkyl halides is 3. The number of nitrogens with zero attached hydrogens (tertiary/aromatic N) is 1. The van der Waals surface area contributed by atoms with Crippen LogP contribution in [0.1, 0.15) is 16.1 Å². The van der Waals surface area contributed by atoms with E-state index in [1.54, 1.807) is 24.3 Å². The Labute approximate surface area is 130 Å². The molecule has 1 heterocycles. The third-order valence-electron chi connectivity index (χ3n) is 2.39. The van der Waals surface area contributed by atoms with Gasteiger partial charge in [-0.25, -0.2) is 9.78 Å². The molecule has 0 aliphatic carbocycles. The van der Waals surface area contributed by atoms with Gasteiger partial charge in [0, 0.05) is 9.37 Å². The molecule has 0 radical (unpaired) electrons. The third kappa shape index (κ3) is 3.98. The van der Waals surface area contributed by atoms with E-state index in [2.05, 4.69) is 20.9 Å². The predicted octanol–water partition coefficient (Wildman–Crippen LogP) is 4.71. The smallest absolute Gasteiger partial charge is 0.433 e. The number of hydrogen-bond acceptors (Lipinski definition) is 3. The van der Waals surface area contributed by atoms with Crippen LogP contribution >= 0.6 is 27.7 Å². The molecule has 0 aliphatic heterocycles. The lowest BCUT2D eigenvalue weighted by Gasteiger charge is -2.10. The van der Waals surface area contributed by atoms with Gasteiger partial charge in [-0.05, 0) is 30.3 Å². The van der Waals surface area contributed by atoms with Gasteiger partial charge in [0.05, 0.1) is 5.56 Å². The van der Waals surface area contributed by atoms with Crippen LogP contribution in [-0.4, -0.2) is 16.1 Å². The molecule has 0 saturated carbocycles. The number of benzene rings is 1. The molecule has 1 aromatic heterocycles. The molecule has 110 valence electrons. The highest BCUT2D eigenvalue weighted by atomic mass is 79.9. The van der Waals surface area contributed by atoms with E-state index in [1.807, 2.05) is 0 Å². The summed E-state index contributed by atoms with van der Waals surface area (Å²) in [6, 6.07) is 8.34. The van der Waals surface area contributed by atoms with Gasteiger partial charge >= 0.3 is 12.1 Å². The average Bonchev–Trinajstić information content (AvgIpc) is 2.37. The third-order valence-corrected chi connectivity index (χ3v) is 3.88. The Balaban J connectivity index is 2.46. The highest BCUT2D eigenvalue weighted by Gasteiger charge is 2.33. The van der Waals surface area contributed by atoms with Crippen LogP contribution in [0.2, 0.25) is 0 Å². The summed E-state index contributed by atoms with van der Waals surface area (Å²) in [4.78, 5) is 15.1. The Bertz CT molecular complexity index is 691. The van der Waals surface area contributed by atoms with Crippen LogP contribution in [0, 0.1) is 0 Å². The Morgan fingerprint density at radius 3 is 2.52 bits per heavy atom. The van der Waals surface area contributed by atoms with E-state index in [9.17, 15) is 18.0 Å². The normalized spacial score (nSPS) is 11.4. The number of halogens is 4. The molecule has 8 heteroatoms. The molecule has 0 atom stereocenters. The van der Waals surface area contributed by atoms with Gasteiger partial charge in [-0.2, -0.15) is 13.2 Å². The van der Waals surface area contributed by atoms with Crippen molar-refractivity contribution in [2.24, 2.45) is 0 Å². The van der Waals surface area contributed by atoms with Gasteiger partial charge in [-0.1, -0.05) is 33.8 Å². The lowest BCUT2D eigenvalue weighted by atomic mass is 10.2. The summed E-state index contributed by atoms with van der Waals surface area (Å²) in [5.74, 6) is -1.33. The van der Waals surface area contributed by atoms with E-state index in [4.69, 9.17) is 5.11 Å². The van der Waals surface area contributed by atoms with Crippen molar-refractivity contribution in [1.29, 1.82) is 0 Å². The second-order valence-corrected chi connectivity index (χ2v) is 5.89. The first-order valence-electron chi connectivity index (χ1n) is 5.52. The van der Waals surface area contributed by atoms with Crippen molar-refractivity contribution in [2.75, 3.05) is 0 Å². The Hall–Kier alpha value is -1.54. The average molecular weight is 378 g/mol. The molecule has 0 aliphatic rings. The van der Waals surface area contributed by atoms with Gasteiger partial charge in [-0.15, -0.1) is 0 Å². The quantitative estimate of drug-likeness (QED) is 0.841. The highest BCUT2D eigenvalue weighted by Crippen LogP contribution is 2.34. The van der Waals surface area contributed by atoms with Crippen LogP contribution in [0.4, 0.5) is 13.2 Å². The van der Waals surface area contributed by atoms with Gasteiger partial charge in [0.15, 0.2) is 0 Å². The number of aromatic carboxylic acids is 1. The van der Waals surface area contributed by atoms with Crippen molar-refractivity contribution in [3.05, 3.63) is 52.1 Å². The maximum atomic E-state index is 12.7. The first-order valence-corrected chi connectivity index (χ1v) is 7.13. The van der Waals surface area contributed by atoms with Gasteiger partial charge in [0.2, 0.25) is 0 Å². The summed E-state index contributed by atoms with van der Waals surface area (Å²) >= 11 is 4.10. The Morgan fingerprint density at radius 1 is 1.24 bits per heavy atom. The maximum absolute atomic E-state index is 12.7. The topological polar surface area (TPSA) is 50.2 Å². The SMILES string of the molecule is O=C(O)c1ccc(C(F)(F)F)nc1Sc1cccc(Br)c1. The van der Waals surface area contributed by atoms with E-state index in [-0.39, 0.29) is 10.6 Å². The van der Waals surface area contributed by atoms with Gasteiger partial charge < -0.3 is 5.11 Å². The van der Waals surface area contributed by atoms with E-state index < -0.39 is 17.8 Å². The van der Waals surface area contributed by atoms with Crippen molar-refractivity contribution < 1.29 is 23.1 Å². The van der Waals surface area contributed by atoms with E-state index in [0.717, 1.165) is 22.3 Å². The molecule has 0 amide bonds. The molecule has 0 unspecified atom stereocenters. The Kier molecular flexibility index (Phi) is 4.58. The molecule has 0 spiro atoms. The molecule has 2 aromatic rings. The number of carboxylic acids is 1. The molecule has 0 fully saturated rings. The largest absolute Gasteiger partial charge is 0.478 e. The summed E-state index contributed by atoms with van der Waals surface area (Å²) in [6.45, 7) is 0. The molecule has 1 N–H and O–H groups in total. The first-order chi connectivity index (χ1) is 9.77. The fraction of sp³-hybridized carbons (Fsp3) is 0.0769. The van der Waals surface area contributed by atoms with Crippen molar-refractivity contribution in [1.82, 2.24) is 4.98 Å². The minimum Gasteiger partial charge on any atom is -0.478 e. The van der Waals surface area contributed by atoms with Crippen molar-refractivity contribution in [3.8, 4) is 0 Å². The van der Waals surface area contributed by atoms with Gasteiger partial charge in [0.1, 0.15) is 10.7 Å². The first kappa shape index (κ1) is 15.8. The number of hydrogen-bond donors (Lipinski definition) is 1. The van der Waals surface area contributed by atoms with Crippen molar-refractivity contribution in [3.63, 3.8) is 0 Å². The van der Waals surface area contributed by atoms with Crippen LogP contribution in [0.25, 0.3) is 0 Å². The zero-order chi connectivity index (χ0) is 15.6. The van der Waals surface area contributed by atoms with Crippen molar-refractivity contribution >= 4 is 33.7 Å². The summed E-state index contributed by atoms with van der Waals surface area (Å²) in [7, 11) is 0. The van der Waals surface area contributed by atoms with Crippen molar-refractivity contribution in [2.45, 2.75) is 16.1 Å². The van der Waals surface area contributed by atoms with Gasteiger partial charge in [-0.3, -0.25) is 0 Å². The number of aromatic nitrogens is 1. The molecule has 0 bridgehead atoms. The fourth-order valence-electron chi connectivity index (χ4n) is 1.48. The molecule has 3 nitrogen and oxygen atoms in total. The molecular weight excluding hydrogens is 371 g/mol. The zero-order valence-electron chi connectivity index (χ0n) is 10.2. The monoisotopic (exact) mass is 377 g/mol. The minimum atomic E-state index is -4.62. The molecule has 2 rings (SSSR count). The number of rotatable bonds is 3. The summed E-state index contributed by atoms with van der Waals surface area (Å²) in [5.41, 5.74) is -1.39. The van der Waals surface area contributed by atoms with E-state index in [1.165, 1.54) is 0 Å². The number of pyridine rings is 1. The lowest BCUT2D eigenvalue weighted by molar-refractivity contribution is -0.141. The summed E-state index contributed by atoms with van der Waals surface area (Å²) < 4.78 is 38.8. The van der Waals surface area contributed by atoms with Crippen LogP contribution in [0.5, 0.6) is 0 Å². The number of carbonyl (C=O) groups is 1. The van der Waals surface area contributed by atoms with Crippen LogP contribution in [0.15, 0.2) is 50.8 Å². The predicted molar refractivity (Wildman–Crippen MR) is 74.5 cm³/mol. The Morgan fingerprint density at radius 2 is 1.95 bits per heavy atom. The summed E-state index contributed by atoms with van der Waals surface area (Å²) in [6.07, 6.45) is -4.62. The molecular formula is C13H7BrF3NO2S. The standard InChI is InChI=1S/C13H7BrF3NO2S/c14-7-2-1-3-8(6-7)21-11-9(12(19)20)4-5-10(18-11)13(15,16)17/h1-6H,(H,19,20). The highest BCUT2D eigenvalue weighted by molar-refractivity contribution is 9.10. The lowest BCUT2D eigenvalue weighted by Crippen LogP contribution is -2.11. The molecule has 21 heavy (non-hydrogen) atoms. The maximum Gasteiger partial charge on any atom is 0.433 e. The fourth-order valence-corrected chi connectivity index (χ4v) is 3.00. The number of carboxylic acid groups (broad SMARTS) is 1. The van der Waals surface area contributed by atoms with E-state index >= 15 is 0 Å². The summed E-state index contributed by atoms with van der Waals surface area (Å²) in [5, 5.41) is 8.85. The molecule has 1 aromatic carbocycles.